The maximum absolute atomic E-state index is 13.5. The molecule has 0 unspecified atom stereocenters. The van der Waals surface area contributed by atoms with E-state index in [1.165, 1.54) is 4.90 Å². The van der Waals surface area contributed by atoms with E-state index in [9.17, 15) is 28.8 Å². The van der Waals surface area contributed by atoms with Gasteiger partial charge in [0.2, 0.25) is 29.4 Å². The number of amides is 5. The number of likely N-dealkylation sites (N-methyl/N-ethyl adjacent to an activating group) is 1. The van der Waals surface area contributed by atoms with Crippen LogP contribution in [0.2, 0.25) is 0 Å². The molecule has 0 aromatic carbocycles. The van der Waals surface area contributed by atoms with Crippen molar-refractivity contribution in [2.45, 2.75) is 110 Å². The molecule has 0 spiro atoms. The molecule has 2 aliphatic carbocycles. The minimum atomic E-state index is -1.18. The third-order valence-electron chi connectivity index (χ3n) is 8.03. The van der Waals surface area contributed by atoms with Crippen molar-refractivity contribution in [2.24, 2.45) is 17.3 Å². The first-order chi connectivity index (χ1) is 18.3. The Balaban J connectivity index is 1.74. The van der Waals surface area contributed by atoms with Crippen LogP contribution in [-0.4, -0.2) is 78.0 Å². The largest absolute Gasteiger partial charge is 0.356 e. The second kappa shape index (κ2) is 12.9. The Labute approximate surface area is 231 Å². The molecule has 218 valence electrons. The molecule has 3 fully saturated rings. The van der Waals surface area contributed by atoms with Crippen LogP contribution in [0.3, 0.4) is 0 Å². The second-order valence-electron chi connectivity index (χ2n) is 12.5. The molecule has 1 heterocycles. The number of ketones is 1. The summed E-state index contributed by atoms with van der Waals surface area (Å²) in [5.41, 5.74) is -0.684. The zero-order chi connectivity index (χ0) is 28.9. The second-order valence-corrected chi connectivity index (χ2v) is 12.5. The number of carbonyl (C=O) groups is 6. The van der Waals surface area contributed by atoms with Crippen LogP contribution in [0.4, 0.5) is 0 Å². The van der Waals surface area contributed by atoms with Crippen LogP contribution in [0, 0.1) is 17.3 Å². The first kappa shape index (κ1) is 30.6. The molecule has 0 aromatic heterocycles. The average Bonchev–Trinajstić information content (AvgIpc) is 3.69. The fraction of sp³-hybridized carbons (Fsp3) is 0.786. The molecule has 0 aromatic rings. The molecule has 39 heavy (non-hydrogen) atoms. The van der Waals surface area contributed by atoms with E-state index < -0.39 is 53.0 Å². The topological polar surface area (TPSA) is 154 Å². The summed E-state index contributed by atoms with van der Waals surface area (Å²) in [4.78, 5) is 79.0. The normalized spacial score (nSPS) is 21.9. The van der Waals surface area contributed by atoms with E-state index in [0.717, 1.165) is 38.5 Å². The van der Waals surface area contributed by atoms with Gasteiger partial charge in [0.25, 0.3) is 5.91 Å². The molecule has 1 aliphatic heterocycles. The van der Waals surface area contributed by atoms with Crippen LogP contribution in [-0.2, 0) is 28.8 Å². The van der Waals surface area contributed by atoms with Crippen molar-refractivity contribution in [1.82, 2.24) is 26.2 Å². The monoisotopic (exact) mass is 547 g/mol. The lowest BCUT2D eigenvalue weighted by molar-refractivity contribution is -0.146. The predicted octanol–water partition coefficient (Wildman–Crippen LogP) is 0.803. The third-order valence-corrected chi connectivity index (χ3v) is 8.03. The standard InChI is InChI=1S/C28H45N5O6/c1-16(30-27(39)28(2,3)4)23(35)32-21(14-17-8-6-9-17)25(37)31-20(15-18-10-7-13-29-24(18)36)22(34)26(38)33(5)19-11-12-19/h16-21H,6-15H2,1-5H3,(H,29,36)(H,30,39)(H,31,37)(H,32,35)/t16-,18+,20+,21+/m1/s1. The van der Waals surface area contributed by atoms with Gasteiger partial charge in [-0.25, -0.2) is 0 Å². The summed E-state index contributed by atoms with van der Waals surface area (Å²) in [5, 5.41) is 10.9. The Hall–Kier alpha value is -2.98. The Morgan fingerprint density at radius 3 is 2.08 bits per heavy atom. The fourth-order valence-corrected chi connectivity index (χ4v) is 4.87. The molecule has 1 saturated heterocycles. The lowest BCUT2D eigenvalue weighted by atomic mass is 9.80. The molecule has 0 radical (unpaired) electrons. The Morgan fingerprint density at radius 1 is 0.897 bits per heavy atom. The first-order valence-electron chi connectivity index (χ1n) is 14.3. The van der Waals surface area contributed by atoms with Crippen molar-refractivity contribution < 1.29 is 28.8 Å². The van der Waals surface area contributed by atoms with Crippen LogP contribution in [0.15, 0.2) is 0 Å². The summed E-state index contributed by atoms with van der Waals surface area (Å²) in [5.74, 6) is -3.25. The van der Waals surface area contributed by atoms with Gasteiger partial charge in [0.05, 0.1) is 6.04 Å². The average molecular weight is 548 g/mol. The van der Waals surface area contributed by atoms with E-state index in [0.29, 0.717) is 19.4 Å². The highest BCUT2D eigenvalue weighted by molar-refractivity contribution is 6.38. The molecule has 5 amide bonds. The van der Waals surface area contributed by atoms with E-state index in [-0.39, 0.29) is 30.2 Å². The van der Waals surface area contributed by atoms with Gasteiger partial charge in [-0.2, -0.15) is 0 Å². The van der Waals surface area contributed by atoms with Gasteiger partial charge in [-0.1, -0.05) is 40.0 Å². The van der Waals surface area contributed by atoms with Crippen LogP contribution in [0.1, 0.15) is 85.5 Å². The van der Waals surface area contributed by atoms with Gasteiger partial charge in [0.15, 0.2) is 0 Å². The molecule has 3 aliphatic rings. The minimum absolute atomic E-state index is 0.0167. The fourth-order valence-electron chi connectivity index (χ4n) is 4.87. The number of nitrogens with zero attached hydrogens (tertiary/aromatic N) is 1. The molecule has 11 heteroatoms. The van der Waals surface area contributed by atoms with Crippen LogP contribution >= 0.6 is 0 Å². The Kier molecular flexibility index (Phi) is 10.1. The van der Waals surface area contributed by atoms with E-state index in [4.69, 9.17) is 0 Å². The number of hydrogen-bond donors (Lipinski definition) is 4. The van der Waals surface area contributed by atoms with Gasteiger partial charge in [0, 0.05) is 31.0 Å². The Morgan fingerprint density at radius 2 is 1.54 bits per heavy atom. The first-order valence-corrected chi connectivity index (χ1v) is 14.3. The zero-order valence-electron chi connectivity index (χ0n) is 23.9. The van der Waals surface area contributed by atoms with Gasteiger partial charge in [-0.05, 0) is 51.4 Å². The molecule has 4 N–H and O–H groups in total. The van der Waals surface area contributed by atoms with E-state index in [2.05, 4.69) is 21.3 Å². The molecule has 3 rings (SSSR count). The lowest BCUT2D eigenvalue weighted by Crippen LogP contribution is -2.58. The maximum atomic E-state index is 13.5. The molecule has 0 bridgehead atoms. The van der Waals surface area contributed by atoms with Crippen molar-refractivity contribution in [3.63, 3.8) is 0 Å². The number of carbonyl (C=O) groups excluding carboxylic acids is 6. The molecule has 11 nitrogen and oxygen atoms in total. The number of piperidine rings is 1. The number of rotatable bonds is 12. The molecule has 4 atom stereocenters. The number of Topliss-reactive ketones (excluding diaryl/α,β-unsaturated/α-hetero) is 1. The lowest BCUT2D eigenvalue weighted by Gasteiger charge is -2.32. The predicted molar refractivity (Wildman–Crippen MR) is 144 cm³/mol. The molecule has 2 saturated carbocycles. The zero-order valence-corrected chi connectivity index (χ0v) is 23.9. The summed E-state index contributed by atoms with van der Waals surface area (Å²) in [6.07, 6.45) is 6.29. The van der Waals surface area contributed by atoms with Gasteiger partial charge in [-0.3, -0.25) is 28.8 Å². The van der Waals surface area contributed by atoms with E-state index >= 15 is 0 Å². The molecular formula is C28H45N5O6. The number of nitrogens with one attached hydrogen (secondary N) is 4. The van der Waals surface area contributed by atoms with Gasteiger partial charge < -0.3 is 26.2 Å². The molecular weight excluding hydrogens is 502 g/mol. The van der Waals surface area contributed by atoms with Crippen LogP contribution in [0.25, 0.3) is 0 Å². The van der Waals surface area contributed by atoms with Crippen molar-refractivity contribution in [2.75, 3.05) is 13.6 Å². The summed E-state index contributed by atoms with van der Waals surface area (Å²) in [6.45, 7) is 7.34. The van der Waals surface area contributed by atoms with Crippen LogP contribution < -0.4 is 21.3 Å². The highest BCUT2D eigenvalue weighted by Gasteiger charge is 2.40. The highest BCUT2D eigenvalue weighted by atomic mass is 16.2. The number of hydrogen-bond acceptors (Lipinski definition) is 6. The SMILES string of the molecule is C[C@@H](NC(=O)C(C)(C)C)C(=O)N[C@@H](CC1CCC1)C(=O)N[C@@H](C[C@@H]1CCCNC1=O)C(=O)C(=O)N(C)C1CC1. The van der Waals surface area contributed by atoms with Crippen LogP contribution in [0.5, 0.6) is 0 Å². The smallest absolute Gasteiger partial charge is 0.292 e. The van der Waals surface area contributed by atoms with Gasteiger partial charge in [0.1, 0.15) is 12.1 Å². The minimum Gasteiger partial charge on any atom is -0.356 e. The van der Waals surface area contributed by atoms with Crippen molar-refractivity contribution in [1.29, 1.82) is 0 Å². The summed E-state index contributed by atoms with van der Waals surface area (Å²) in [6, 6.07) is -2.97. The van der Waals surface area contributed by atoms with E-state index in [1.54, 1.807) is 34.7 Å². The summed E-state index contributed by atoms with van der Waals surface area (Å²) in [7, 11) is 1.58. The summed E-state index contributed by atoms with van der Waals surface area (Å²) >= 11 is 0. The van der Waals surface area contributed by atoms with Gasteiger partial charge >= 0.3 is 0 Å². The maximum Gasteiger partial charge on any atom is 0.292 e. The van der Waals surface area contributed by atoms with Gasteiger partial charge in [-0.15, -0.1) is 0 Å². The Bertz CT molecular complexity index is 968. The quantitative estimate of drug-likeness (QED) is 0.265. The van der Waals surface area contributed by atoms with Crippen molar-refractivity contribution in [3.05, 3.63) is 0 Å². The summed E-state index contributed by atoms with van der Waals surface area (Å²) < 4.78 is 0. The highest BCUT2D eigenvalue weighted by Crippen LogP contribution is 2.31. The van der Waals surface area contributed by atoms with Crippen molar-refractivity contribution in [3.8, 4) is 0 Å². The van der Waals surface area contributed by atoms with E-state index in [1.807, 2.05) is 0 Å². The van der Waals surface area contributed by atoms with Crippen molar-refractivity contribution >= 4 is 35.3 Å². The third kappa shape index (κ3) is 8.50.